The molecule has 0 saturated carbocycles. The van der Waals surface area contributed by atoms with E-state index in [-0.39, 0.29) is 35.3 Å². The first-order valence-corrected chi connectivity index (χ1v) is 9.80. The predicted molar refractivity (Wildman–Crippen MR) is 115 cm³/mol. The molecule has 0 saturated heterocycles. The second-order valence-corrected chi connectivity index (χ2v) is 7.05. The van der Waals surface area contributed by atoms with Crippen molar-refractivity contribution in [2.45, 2.75) is 26.8 Å². The maximum absolute atomic E-state index is 12.3. The average molecular weight is 445 g/mol. The molecule has 1 aromatic heterocycles. The van der Waals surface area contributed by atoms with Crippen molar-refractivity contribution in [3.63, 3.8) is 0 Å². The summed E-state index contributed by atoms with van der Waals surface area (Å²) >= 11 is 0. The Morgan fingerprint density at radius 1 is 1.19 bits per heavy atom. The number of aliphatic carboxylic acids is 1. The first-order valence-electron chi connectivity index (χ1n) is 9.80. The van der Waals surface area contributed by atoms with Gasteiger partial charge in [-0.2, -0.15) is 0 Å². The molecular weight excluding hydrogens is 421 g/mol. The second kappa shape index (κ2) is 11.2. The topological polar surface area (TPSA) is 119 Å². The number of amides is 1. The van der Waals surface area contributed by atoms with E-state index in [9.17, 15) is 14.7 Å². The minimum absolute atomic E-state index is 0. The summed E-state index contributed by atoms with van der Waals surface area (Å²) in [6, 6.07) is 13.5. The van der Waals surface area contributed by atoms with Gasteiger partial charge in [0.25, 0.3) is 5.91 Å². The largest absolute Gasteiger partial charge is 1.00 e. The molecule has 0 aliphatic carbocycles. The number of carboxylic acids is 1. The number of nitrogens with two attached hydrogens (primary N) is 1. The van der Waals surface area contributed by atoms with Gasteiger partial charge in [-0.1, -0.05) is 42.4 Å². The van der Waals surface area contributed by atoms with E-state index in [2.05, 4.69) is 9.72 Å². The van der Waals surface area contributed by atoms with Crippen LogP contribution in [0, 0.1) is 6.92 Å². The molecule has 2 N–H and O–H groups in total. The van der Waals surface area contributed by atoms with Crippen LogP contribution in [0.4, 0.5) is 0 Å². The van der Waals surface area contributed by atoms with Crippen molar-refractivity contribution in [1.82, 2.24) is 4.57 Å². The zero-order chi connectivity index (χ0) is 22.5. The molecular formula is C23H24N3NaO5. The van der Waals surface area contributed by atoms with E-state index in [0.29, 0.717) is 29.7 Å². The number of nitrogens with zero attached hydrogens (tertiary/aromatic N) is 2. The fourth-order valence-electron chi connectivity index (χ4n) is 3.75. The Kier molecular flexibility index (Phi) is 8.89. The van der Waals surface area contributed by atoms with Crippen LogP contribution in [0.3, 0.4) is 0 Å². The molecule has 3 rings (SSSR count). The van der Waals surface area contributed by atoms with Gasteiger partial charge in [0, 0.05) is 17.8 Å². The van der Waals surface area contributed by atoms with Crippen LogP contribution in [0.5, 0.6) is 5.75 Å². The second-order valence-electron chi connectivity index (χ2n) is 7.05. The van der Waals surface area contributed by atoms with Crippen LogP contribution in [-0.4, -0.2) is 35.9 Å². The van der Waals surface area contributed by atoms with E-state index in [1.165, 1.54) is 7.11 Å². The Balaban J connectivity index is 0.00000363. The quantitative estimate of drug-likeness (QED) is 0.245. The van der Waals surface area contributed by atoms with Gasteiger partial charge in [0.15, 0.2) is 5.71 Å². The smallest absolute Gasteiger partial charge is 0.546 e. The monoisotopic (exact) mass is 445 g/mol. The summed E-state index contributed by atoms with van der Waals surface area (Å²) in [7, 11) is 1.33. The normalized spacial score (nSPS) is 11.2. The summed E-state index contributed by atoms with van der Waals surface area (Å²) in [5.74, 6) is -1.81. The zero-order valence-corrected chi connectivity index (χ0v) is 20.7. The Hall–Kier alpha value is -2.81. The van der Waals surface area contributed by atoms with Gasteiger partial charge < -0.3 is 29.8 Å². The van der Waals surface area contributed by atoms with Crippen LogP contribution in [0.15, 0.2) is 47.6 Å². The van der Waals surface area contributed by atoms with Gasteiger partial charge in [-0.15, -0.1) is 0 Å². The molecule has 0 bridgehead atoms. The third kappa shape index (κ3) is 5.32. The minimum Gasteiger partial charge on any atom is -0.546 e. The number of hydrogen-bond acceptors (Lipinski definition) is 6. The third-order valence-corrected chi connectivity index (χ3v) is 4.90. The van der Waals surface area contributed by atoms with E-state index in [4.69, 9.17) is 15.3 Å². The Labute approximate surface area is 208 Å². The average Bonchev–Trinajstić information content (AvgIpc) is 3.03. The SMILES string of the molecule is CCc1c(/C(=N/OC)C(N)=O)c2c(OCC(=O)[O-])cc(C)cc2n1Cc1ccccc1.[Na+]. The number of aryl methyl sites for hydroxylation is 1. The molecule has 8 nitrogen and oxygen atoms in total. The van der Waals surface area contributed by atoms with Crippen LogP contribution >= 0.6 is 0 Å². The van der Waals surface area contributed by atoms with Crippen LogP contribution in [0.25, 0.3) is 10.9 Å². The maximum Gasteiger partial charge on any atom is 1.00 e. The summed E-state index contributed by atoms with van der Waals surface area (Å²) in [6.45, 7) is 3.74. The van der Waals surface area contributed by atoms with Crippen molar-refractivity contribution < 1.29 is 53.8 Å². The van der Waals surface area contributed by atoms with Crippen molar-refractivity contribution in [3.05, 3.63) is 64.8 Å². The molecule has 0 atom stereocenters. The first-order chi connectivity index (χ1) is 14.9. The molecule has 1 heterocycles. The summed E-state index contributed by atoms with van der Waals surface area (Å²) < 4.78 is 7.61. The predicted octanol–water partition coefficient (Wildman–Crippen LogP) is -1.47. The molecule has 2 aromatic carbocycles. The van der Waals surface area contributed by atoms with Crippen molar-refractivity contribution in [2.24, 2.45) is 10.9 Å². The van der Waals surface area contributed by atoms with Gasteiger partial charge in [0.1, 0.15) is 19.5 Å². The van der Waals surface area contributed by atoms with Gasteiger partial charge in [-0.3, -0.25) is 4.79 Å². The number of benzene rings is 2. The molecule has 0 unspecified atom stereocenters. The molecule has 3 aromatic rings. The number of oxime groups is 1. The number of carboxylic acid groups (broad SMARTS) is 1. The van der Waals surface area contributed by atoms with E-state index in [1.54, 1.807) is 6.07 Å². The molecule has 0 fully saturated rings. The van der Waals surface area contributed by atoms with E-state index < -0.39 is 18.5 Å². The van der Waals surface area contributed by atoms with Crippen molar-refractivity contribution in [3.8, 4) is 5.75 Å². The minimum atomic E-state index is -1.35. The molecule has 1 amide bonds. The third-order valence-electron chi connectivity index (χ3n) is 4.90. The van der Waals surface area contributed by atoms with E-state index in [0.717, 1.165) is 22.3 Å². The Bertz CT molecular complexity index is 1160. The van der Waals surface area contributed by atoms with Crippen molar-refractivity contribution in [1.29, 1.82) is 0 Å². The molecule has 0 aliphatic rings. The fourth-order valence-corrected chi connectivity index (χ4v) is 3.75. The van der Waals surface area contributed by atoms with Crippen LogP contribution in [0.1, 0.15) is 29.3 Å². The summed E-state index contributed by atoms with van der Waals surface area (Å²) in [4.78, 5) is 28.2. The molecule has 0 radical (unpaired) electrons. The Morgan fingerprint density at radius 3 is 2.44 bits per heavy atom. The summed E-state index contributed by atoms with van der Waals surface area (Å²) in [5, 5.41) is 15.5. The van der Waals surface area contributed by atoms with E-state index in [1.807, 2.05) is 50.2 Å². The van der Waals surface area contributed by atoms with Crippen molar-refractivity contribution in [2.75, 3.05) is 13.7 Å². The molecule has 162 valence electrons. The number of fused-ring (bicyclic) bond motifs is 1. The molecule has 0 spiro atoms. The standard InChI is InChI=1S/C23H25N3O5.Na/c1-4-16-21(22(23(24)29)25-30-3)20-17(26(16)12-15-8-6-5-7-9-15)10-14(2)11-18(20)31-13-19(27)28;/h5-11H,4,12-13H2,1-3H3,(H2,24,29)(H,27,28);/q;+1/p-1/b25-22-;. The van der Waals surface area contributed by atoms with E-state index >= 15 is 0 Å². The van der Waals surface area contributed by atoms with Gasteiger partial charge in [0.2, 0.25) is 0 Å². The number of carbonyl (C=O) groups is 2. The number of ether oxygens (including phenoxy) is 1. The fraction of sp³-hybridized carbons (Fsp3) is 0.261. The van der Waals surface area contributed by atoms with Gasteiger partial charge in [0.05, 0.1) is 16.9 Å². The number of primary amides is 1. The summed E-state index contributed by atoms with van der Waals surface area (Å²) in [6.07, 6.45) is 0.561. The number of rotatable bonds is 9. The first kappa shape index (κ1) is 25.5. The molecule has 0 aliphatic heterocycles. The molecule has 9 heteroatoms. The zero-order valence-electron chi connectivity index (χ0n) is 18.7. The van der Waals surface area contributed by atoms with Crippen LogP contribution < -0.4 is 45.1 Å². The maximum atomic E-state index is 12.3. The van der Waals surface area contributed by atoms with Crippen LogP contribution in [-0.2, 0) is 27.4 Å². The van der Waals surface area contributed by atoms with Gasteiger partial charge in [-0.05, 0) is 36.6 Å². The number of carbonyl (C=O) groups excluding carboxylic acids is 2. The summed E-state index contributed by atoms with van der Waals surface area (Å²) in [5.41, 5.74) is 9.54. The van der Waals surface area contributed by atoms with Crippen molar-refractivity contribution >= 4 is 28.5 Å². The Morgan fingerprint density at radius 2 is 1.88 bits per heavy atom. The van der Waals surface area contributed by atoms with Crippen LogP contribution in [0.2, 0.25) is 0 Å². The van der Waals surface area contributed by atoms with Gasteiger partial charge >= 0.3 is 29.6 Å². The number of aromatic nitrogens is 1. The number of hydrogen-bond donors (Lipinski definition) is 1. The molecule has 32 heavy (non-hydrogen) atoms. The van der Waals surface area contributed by atoms with Gasteiger partial charge in [-0.25, -0.2) is 0 Å².